The van der Waals surface area contributed by atoms with E-state index in [1.165, 1.54) is 23.2 Å². The van der Waals surface area contributed by atoms with E-state index >= 15 is 0 Å². The lowest BCUT2D eigenvalue weighted by atomic mass is 9.99. The van der Waals surface area contributed by atoms with Crippen molar-refractivity contribution in [1.29, 1.82) is 0 Å². The van der Waals surface area contributed by atoms with Crippen LogP contribution in [0.5, 0.6) is 0 Å². The second-order valence-electron chi connectivity index (χ2n) is 5.20. The van der Waals surface area contributed by atoms with Gasteiger partial charge in [0.15, 0.2) is 0 Å². The number of nitrogens with one attached hydrogen (secondary N) is 2. The predicted octanol–water partition coefficient (Wildman–Crippen LogP) is 1.61. The summed E-state index contributed by atoms with van der Waals surface area (Å²) < 4.78 is 0. The second kappa shape index (κ2) is 6.57. The third-order valence-corrected chi connectivity index (χ3v) is 3.49. The van der Waals surface area contributed by atoms with Crippen LogP contribution in [-0.2, 0) is 17.8 Å². The van der Waals surface area contributed by atoms with E-state index in [2.05, 4.69) is 28.8 Å². The minimum Gasteiger partial charge on any atom is -0.385 e. The first-order chi connectivity index (χ1) is 9.18. The van der Waals surface area contributed by atoms with E-state index in [4.69, 9.17) is 0 Å². The first-order valence-corrected chi connectivity index (χ1v) is 6.94. The van der Waals surface area contributed by atoms with Gasteiger partial charge in [-0.25, -0.2) is 0 Å². The van der Waals surface area contributed by atoms with Crippen LogP contribution in [0.3, 0.4) is 0 Å². The van der Waals surface area contributed by atoms with Gasteiger partial charge in [-0.1, -0.05) is 18.2 Å². The first kappa shape index (κ1) is 13.9. The fraction of sp³-hybridized carbons (Fsp3) is 0.533. The lowest BCUT2D eigenvalue weighted by Gasteiger charge is -2.21. The van der Waals surface area contributed by atoms with Gasteiger partial charge >= 0.3 is 0 Å². The Labute approximate surface area is 115 Å². The monoisotopic (exact) mass is 261 g/mol. The Kier molecular flexibility index (Phi) is 4.80. The summed E-state index contributed by atoms with van der Waals surface area (Å²) in [4.78, 5) is 13.1. The van der Waals surface area contributed by atoms with Gasteiger partial charge in [-0.15, -0.1) is 0 Å². The largest absolute Gasteiger partial charge is 0.385 e. The highest BCUT2D eigenvalue weighted by Gasteiger charge is 2.11. The van der Waals surface area contributed by atoms with Crippen molar-refractivity contribution in [2.24, 2.45) is 0 Å². The molecule has 4 heteroatoms. The van der Waals surface area contributed by atoms with Crippen LogP contribution < -0.4 is 10.6 Å². The standard InChI is InChI=1S/C15H23N3O/c1-18(2)14(19)8-10-16-11-13-6-3-5-12-7-4-9-17-15(12)13/h3,5-6,16-17H,4,7-11H2,1-2H3. The Bertz CT molecular complexity index is 443. The number of anilines is 1. The van der Waals surface area contributed by atoms with Crippen molar-refractivity contribution in [2.75, 3.05) is 32.5 Å². The number of carbonyl (C=O) groups excluding carboxylic acids is 1. The molecule has 0 aliphatic carbocycles. The number of benzene rings is 1. The van der Waals surface area contributed by atoms with Gasteiger partial charge in [-0.05, 0) is 24.0 Å². The van der Waals surface area contributed by atoms with Gasteiger partial charge < -0.3 is 15.5 Å². The molecule has 19 heavy (non-hydrogen) atoms. The van der Waals surface area contributed by atoms with E-state index in [1.54, 1.807) is 19.0 Å². The summed E-state index contributed by atoms with van der Waals surface area (Å²) in [6.07, 6.45) is 2.92. The number of nitrogens with zero attached hydrogens (tertiary/aromatic N) is 1. The Morgan fingerprint density at radius 3 is 3.05 bits per heavy atom. The third kappa shape index (κ3) is 3.70. The molecule has 1 aromatic carbocycles. The molecule has 0 spiro atoms. The highest BCUT2D eigenvalue weighted by Crippen LogP contribution is 2.25. The molecule has 4 nitrogen and oxygen atoms in total. The molecule has 0 unspecified atom stereocenters. The topological polar surface area (TPSA) is 44.4 Å². The Morgan fingerprint density at radius 1 is 1.42 bits per heavy atom. The van der Waals surface area contributed by atoms with Crippen LogP contribution in [-0.4, -0.2) is 38.0 Å². The Hall–Kier alpha value is -1.55. The average molecular weight is 261 g/mol. The fourth-order valence-electron chi connectivity index (χ4n) is 2.37. The van der Waals surface area contributed by atoms with E-state index < -0.39 is 0 Å². The molecule has 2 rings (SSSR count). The van der Waals surface area contributed by atoms with Crippen LogP contribution >= 0.6 is 0 Å². The van der Waals surface area contributed by atoms with Gasteiger partial charge in [0.2, 0.25) is 5.91 Å². The zero-order valence-electron chi connectivity index (χ0n) is 11.8. The lowest BCUT2D eigenvalue weighted by Crippen LogP contribution is -2.27. The van der Waals surface area contributed by atoms with Gasteiger partial charge in [-0.3, -0.25) is 4.79 Å². The molecule has 0 saturated carbocycles. The van der Waals surface area contributed by atoms with E-state index in [-0.39, 0.29) is 5.91 Å². The van der Waals surface area contributed by atoms with Crippen LogP contribution in [0.4, 0.5) is 5.69 Å². The summed E-state index contributed by atoms with van der Waals surface area (Å²) in [5.74, 6) is 0.167. The minimum absolute atomic E-state index is 0.167. The fourth-order valence-corrected chi connectivity index (χ4v) is 2.37. The van der Waals surface area contributed by atoms with Gasteiger partial charge in [0.05, 0.1) is 0 Å². The summed E-state index contributed by atoms with van der Waals surface area (Å²) in [6, 6.07) is 6.46. The molecule has 0 fully saturated rings. The zero-order valence-corrected chi connectivity index (χ0v) is 11.8. The van der Waals surface area contributed by atoms with Crippen molar-refractivity contribution in [3.63, 3.8) is 0 Å². The summed E-state index contributed by atoms with van der Waals surface area (Å²) >= 11 is 0. The number of hydrogen-bond acceptors (Lipinski definition) is 3. The van der Waals surface area contributed by atoms with Crippen molar-refractivity contribution in [1.82, 2.24) is 10.2 Å². The summed E-state index contributed by atoms with van der Waals surface area (Å²) in [5.41, 5.74) is 4.00. The van der Waals surface area contributed by atoms with E-state index in [1.807, 2.05) is 0 Å². The number of carbonyl (C=O) groups is 1. The molecular weight excluding hydrogens is 238 g/mol. The van der Waals surface area contributed by atoms with Crippen molar-refractivity contribution in [3.8, 4) is 0 Å². The van der Waals surface area contributed by atoms with Gasteiger partial charge in [0, 0.05) is 45.8 Å². The molecule has 1 aromatic rings. The maximum absolute atomic E-state index is 11.5. The Morgan fingerprint density at radius 2 is 2.26 bits per heavy atom. The van der Waals surface area contributed by atoms with Crippen LogP contribution in [0.25, 0.3) is 0 Å². The van der Waals surface area contributed by atoms with Crippen LogP contribution in [0.2, 0.25) is 0 Å². The van der Waals surface area contributed by atoms with E-state index in [9.17, 15) is 4.79 Å². The molecular formula is C15H23N3O. The molecule has 0 radical (unpaired) electrons. The number of rotatable bonds is 5. The van der Waals surface area contributed by atoms with Crippen LogP contribution in [0, 0.1) is 0 Å². The van der Waals surface area contributed by atoms with Crippen LogP contribution in [0.1, 0.15) is 24.0 Å². The van der Waals surface area contributed by atoms with Crippen molar-refractivity contribution in [2.45, 2.75) is 25.8 Å². The maximum atomic E-state index is 11.5. The van der Waals surface area contributed by atoms with Crippen molar-refractivity contribution in [3.05, 3.63) is 29.3 Å². The van der Waals surface area contributed by atoms with E-state index in [0.717, 1.165) is 26.1 Å². The number of hydrogen-bond donors (Lipinski definition) is 2. The summed E-state index contributed by atoms with van der Waals surface area (Å²) in [6.45, 7) is 2.60. The normalized spacial score (nSPS) is 13.6. The van der Waals surface area contributed by atoms with Crippen molar-refractivity contribution < 1.29 is 4.79 Å². The average Bonchev–Trinajstić information content (AvgIpc) is 2.43. The Balaban J connectivity index is 1.85. The highest BCUT2D eigenvalue weighted by molar-refractivity contribution is 5.75. The molecule has 1 aliphatic heterocycles. The number of para-hydroxylation sites is 1. The summed E-state index contributed by atoms with van der Waals surface area (Å²) in [5, 5.41) is 6.83. The smallest absolute Gasteiger partial charge is 0.223 e. The van der Waals surface area contributed by atoms with Crippen molar-refractivity contribution >= 4 is 11.6 Å². The maximum Gasteiger partial charge on any atom is 0.223 e. The number of amides is 1. The van der Waals surface area contributed by atoms with Gasteiger partial charge in [0.1, 0.15) is 0 Å². The first-order valence-electron chi connectivity index (χ1n) is 6.94. The lowest BCUT2D eigenvalue weighted by molar-refractivity contribution is -0.128. The molecule has 1 amide bonds. The third-order valence-electron chi connectivity index (χ3n) is 3.49. The van der Waals surface area contributed by atoms with Crippen LogP contribution in [0.15, 0.2) is 18.2 Å². The zero-order chi connectivity index (χ0) is 13.7. The summed E-state index contributed by atoms with van der Waals surface area (Å²) in [7, 11) is 3.58. The molecule has 0 atom stereocenters. The molecule has 0 bridgehead atoms. The van der Waals surface area contributed by atoms with E-state index in [0.29, 0.717) is 6.42 Å². The van der Waals surface area contributed by atoms with Gasteiger partial charge in [0.25, 0.3) is 0 Å². The molecule has 1 heterocycles. The van der Waals surface area contributed by atoms with Gasteiger partial charge in [-0.2, -0.15) is 0 Å². The highest BCUT2D eigenvalue weighted by atomic mass is 16.2. The SMILES string of the molecule is CN(C)C(=O)CCNCc1cccc2c1NCCC2. The predicted molar refractivity (Wildman–Crippen MR) is 78.3 cm³/mol. The number of aryl methyl sites for hydroxylation is 1. The molecule has 1 aliphatic rings. The quantitative estimate of drug-likeness (QED) is 0.792. The molecule has 0 saturated heterocycles. The minimum atomic E-state index is 0.167. The number of fused-ring (bicyclic) bond motifs is 1. The second-order valence-corrected chi connectivity index (χ2v) is 5.20. The molecule has 104 valence electrons. The molecule has 0 aromatic heterocycles. The molecule has 2 N–H and O–H groups in total.